The minimum absolute atomic E-state index is 0.568. The molecule has 0 radical (unpaired) electrons. The van der Waals surface area contributed by atoms with E-state index < -0.39 is 0 Å². The van der Waals surface area contributed by atoms with Crippen LogP contribution >= 0.6 is 0 Å². The molecular weight excluding hydrogens is 220 g/mol. The van der Waals surface area contributed by atoms with Gasteiger partial charge < -0.3 is 19.8 Å². The normalized spacial score (nSPS) is 10.3. The van der Waals surface area contributed by atoms with Crippen LogP contribution < -0.4 is 15.2 Å². The van der Waals surface area contributed by atoms with Gasteiger partial charge in [-0.05, 0) is 6.07 Å². The molecule has 1 aromatic heterocycles. The highest BCUT2D eigenvalue weighted by atomic mass is 16.5. The van der Waals surface area contributed by atoms with Crippen molar-refractivity contribution in [3.8, 4) is 22.9 Å². The van der Waals surface area contributed by atoms with Crippen molar-refractivity contribution in [3.05, 3.63) is 18.5 Å². The maximum Gasteiger partial charge on any atom is 0.165 e. The predicted molar refractivity (Wildman–Crippen MR) is 64.0 cm³/mol. The van der Waals surface area contributed by atoms with Crippen LogP contribution in [-0.4, -0.2) is 29.0 Å². The first-order chi connectivity index (χ1) is 8.17. The minimum atomic E-state index is 0.568. The molecular formula is C11H14N4O2. The van der Waals surface area contributed by atoms with Gasteiger partial charge in [0.05, 0.1) is 14.2 Å². The molecule has 1 heterocycles. The smallest absolute Gasteiger partial charge is 0.165 e. The summed E-state index contributed by atoms with van der Waals surface area (Å²) < 4.78 is 12.2. The van der Waals surface area contributed by atoms with Crippen molar-refractivity contribution in [2.75, 3.05) is 20.0 Å². The standard InChI is InChI=1S/C11H14N4O2/c1-15-6-13-14-11(15)7-4-9(16-2)10(17-3)5-8(7)12/h4-6H,12H2,1-3H3. The molecule has 17 heavy (non-hydrogen) atoms. The Balaban J connectivity index is 2.59. The Morgan fingerprint density at radius 3 is 2.35 bits per heavy atom. The fraction of sp³-hybridized carbons (Fsp3) is 0.273. The van der Waals surface area contributed by atoms with Crippen molar-refractivity contribution >= 4 is 5.69 Å². The molecule has 90 valence electrons. The van der Waals surface area contributed by atoms with Gasteiger partial charge in [0.1, 0.15) is 6.33 Å². The third-order valence-electron chi connectivity index (χ3n) is 2.51. The summed E-state index contributed by atoms with van der Waals surface area (Å²) in [7, 11) is 5.00. The van der Waals surface area contributed by atoms with Crippen molar-refractivity contribution in [2.45, 2.75) is 0 Å². The lowest BCUT2D eigenvalue weighted by molar-refractivity contribution is 0.355. The van der Waals surface area contributed by atoms with Crippen LogP contribution in [0.3, 0.4) is 0 Å². The summed E-state index contributed by atoms with van der Waals surface area (Å²) in [6.07, 6.45) is 1.62. The number of hydrogen-bond donors (Lipinski definition) is 1. The summed E-state index contributed by atoms with van der Waals surface area (Å²) in [5.74, 6) is 1.89. The number of aromatic nitrogens is 3. The largest absolute Gasteiger partial charge is 0.493 e. The van der Waals surface area contributed by atoms with Crippen LogP contribution in [0.4, 0.5) is 5.69 Å². The number of nitrogens with two attached hydrogens (primary N) is 1. The van der Waals surface area contributed by atoms with Gasteiger partial charge >= 0.3 is 0 Å². The second-order valence-corrected chi connectivity index (χ2v) is 3.56. The van der Waals surface area contributed by atoms with E-state index in [1.807, 2.05) is 7.05 Å². The summed E-state index contributed by atoms with van der Waals surface area (Å²) in [6.45, 7) is 0. The van der Waals surface area contributed by atoms with E-state index in [4.69, 9.17) is 15.2 Å². The summed E-state index contributed by atoms with van der Waals surface area (Å²) >= 11 is 0. The second-order valence-electron chi connectivity index (χ2n) is 3.56. The van der Waals surface area contributed by atoms with Crippen molar-refractivity contribution in [3.63, 3.8) is 0 Å². The summed E-state index contributed by atoms with van der Waals surface area (Å²) in [4.78, 5) is 0. The molecule has 0 saturated carbocycles. The Labute approximate surface area is 99.0 Å². The first-order valence-corrected chi connectivity index (χ1v) is 5.03. The molecule has 0 bridgehead atoms. The maximum atomic E-state index is 5.96. The summed E-state index contributed by atoms with van der Waals surface area (Å²) in [6, 6.07) is 3.50. The van der Waals surface area contributed by atoms with Gasteiger partial charge in [0.2, 0.25) is 0 Å². The van der Waals surface area contributed by atoms with E-state index in [1.165, 1.54) is 0 Å². The van der Waals surface area contributed by atoms with Gasteiger partial charge in [-0.3, -0.25) is 0 Å². The van der Waals surface area contributed by atoms with Crippen LogP contribution in [0.25, 0.3) is 11.4 Å². The lowest BCUT2D eigenvalue weighted by Gasteiger charge is -2.11. The highest BCUT2D eigenvalue weighted by Gasteiger charge is 2.14. The lowest BCUT2D eigenvalue weighted by atomic mass is 10.1. The van der Waals surface area contributed by atoms with E-state index in [-0.39, 0.29) is 0 Å². The average Bonchev–Trinajstić information content (AvgIpc) is 2.75. The summed E-state index contributed by atoms with van der Waals surface area (Å²) in [5.41, 5.74) is 7.30. The fourth-order valence-electron chi connectivity index (χ4n) is 1.62. The number of anilines is 1. The highest BCUT2D eigenvalue weighted by molar-refractivity contribution is 5.75. The first kappa shape index (κ1) is 11.3. The second kappa shape index (κ2) is 4.32. The van der Waals surface area contributed by atoms with E-state index in [2.05, 4.69) is 10.2 Å². The Morgan fingerprint density at radius 2 is 1.82 bits per heavy atom. The number of aryl methyl sites for hydroxylation is 1. The number of ether oxygens (including phenoxy) is 2. The lowest BCUT2D eigenvalue weighted by Crippen LogP contribution is -1.99. The zero-order valence-corrected chi connectivity index (χ0v) is 9.97. The van der Waals surface area contributed by atoms with E-state index in [1.54, 1.807) is 37.2 Å². The minimum Gasteiger partial charge on any atom is -0.493 e. The molecule has 0 aliphatic carbocycles. The maximum absolute atomic E-state index is 5.96. The van der Waals surface area contributed by atoms with Gasteiger partial charge in [0.15, 0.2) is 17.3 Å². The van der Waals surface area contributed by atoms with E-state index >= 15 is 0 Å². The quantitative estimate of drug-likeness (QED) is 0.804. The molecule has 0 spiro atoms. The number of benzene rings is 1. The number of hydrogen-bond acceptors (Lipinski definition) is 5. The Hall–Kier alpha value is -2.24. The molecule has 2 rings (SSSR count). The Kier molecular flexibility index (Phi) is 2.86. The van der Waals surface area contributed by atoms with Crippen molar-refractivity contribution in [1.82, 2.24) is 14.8 Å². The predicted octanol–water partition coefficient (Wildman–Crippen LogP) is 1.08. The molecule has 0 saturated heterocycles. The molecule has 0 amide bonds. The van der Waals surface area contributed by atoms with Gasteiger partial charge in [-0.25, -0.2) is 0 Å². The zero-order chi connectivity index (χ0) is 12.4. The number of nitrogens with zero attached hydrogens (tertiary/aromatic N) is 3. The molecule has 0 unspecified atom stereocenters. The molecule has 0 fully saturated rings. The van der Waals surface area contributed by atoms with E-state index in [9.17, 15) is 0 Å². The van der Waals surface area contributed by atoms with Crippen LogP contribution in [0.1, 0.15) is 0 Å². The van der Waals surface area contributed by atoms with Crippen LogP contribution in [0, 0.1) is 0 Å². The molecule has 2 N–H and O–H groups in total. The summed E-state index contributed by atoms with van der Waals surface area (Å²) in [5, 5.41) is 7.84. The Bertz CT molecular complexity index is 536. The van der Waals surface area contributed by atoms with Gasteiger partial charge in [-0.2, -0.15) is 0 Å². The molecule has 6 heteroatoms. The molecule has 0 aliphatic rings. The molecule has 6 nitrogen and oxygen atoms in total. The number of rotatable bonds is 3. The molecule has 1 aromatic carbocycles. The molecule has 2 aromatic rings. The van der Waals surface area contributed by atoms with Gasteiger partial charge in [0, 0.05) is 24.4 Å². The monoisotopic (exact) mass is 234 g/mol. The van der Waals surface area contributed by atoms with Gasteiger partial charge in [0.25, 0.3) is 0 Å². The zero-order valence-electron chi connectivity index (χ0n) is 9.97. The topological polar surface area (TPSA) is 75.2 Å². The number of nitrogen functional groups attached to an aromatic ring is 1. The third-order valence-corrected chi connectivity index (χ3v) is 2.51. The van der Waals surface area contributed by atoms with E-state index in [0.29, 0.717) is 23.0 Å². The van der Waals surface area contributed by atoms with Crippen molar-refractivity contribution in [1.29, 1.82) is 0 Å². The van der Waals surface area contributed by atoms with E-state index in [0.717, 1.165) is 5.56 Å². The van der Waals surface area contributed by atoms with Crippen LogP contribution in [-0.2, 0) is 7.05 Å². The van der Waals surface area contributed by atoms with Crippen LogP contribution in [0.5, 0.6) is 11.5 Å². The SMILES string of the molecule is COc1cc(N)c(-c2nncn2C)cc1OC. The Morgan fingerprint density at radius 1 is 1.18 bits per heavy atom. The van der Waals surface area contributed by atoms with Crippen LogP contribution in [0.2, 0.25) is 0 Å². The van der Waals surface area contributed by atoms with Crippen LogP contribution in [0.15, 0.2) is 18.5 Å². The van der Waals surface area contributed by atoms with Crippen molar-refractivity contribution in [2.24, 2.45) is 7.05 Å². The highest BCUT2D eigenvalue weighted by Crippen LogP contribution is 2.36. The molecule has 0 aliphatic heterocycles. The van der Waals surface area contributed by atoms with Gasteiger partial charge in [-0.1, -0.05) is 0 Å². The van der Waals surface area contributed by atoms with Gasteiger partial charge in [-0.15, -0.1) is 10.2 Å². The average molecular weight is 234 g/mol. The molecule has 0 atom stereocenters. The third kappa shape index (κ3) is 1.89. The van der Waals surface area contributed by atoms with Crippen molar-refractivity contribution < 1.29 is 9.47 Å². The first-order valence-electron chi connectivity index (χ1n) is 5.03. The number of methoxy groups -OCH3 is 2. The fourth-order valence-corrected chi connectivity index (χ4v) is 1.62.